The highest BCUT2D eigenvalue weighted by Crippen LogP contribution is 2.20. The van der Waals surface area contributed by atoms with Gasteiger partial charge >= 0.3 is 0 Å². The molecular weight excluding hydrogens is 259 g/mol. The van der Waals surface area contributed by atoms with Crippen LogP contribution in [0.15, 0.2) is 24.3 Å². The van der Waals surface area contributed by atoms with E-state index in [0.29, 0.717) is 24.6 Å². The van der Waals surface area contributed by atoms with Crippen molar-refractivity contribution in [2.24, 2.45) is 5.92 Å². The molecule has 1 saturated heterocycles. The summed E-state index contributed by atoms with van der Waals surface area (Å²) in [7, 11) is 0. The third-order valence-electron chi connectivity index (χ3n) is 3.31. The predicted molar refractivity (Wildman–Crippen MR) is 74.8 cm³/mol. The number of halogens is 1. The zero-order chi connectivity index (χ0) is 14.7. The van der Waals surface area contributed by atoms with Crippen LogP contribution in [-0.2, 0) is 9.59 Å². The smallest absolute Gasteiger partial charge is 0.249 e. The summed E-state index contributed by atoms with van der Waals surface area (Å²) in [6.07, 6.45) is 0.861. The maximum atomic E-state index is 13.0. The molecule has 0 aromatic heterocycles. The monoisotopic (exact) mass is 278 g/mol. The van der Waals surface area contributed by atoms with E-state index in [1.807, 2.05) is 13.8 Å². The normalized spacial score (nSPS) is 20.0. The highest BCUT2D eigenvalue weighted by Gasteiger charge is 2.30. The van der Waals surface area contributed by atoms with E-state index < -0.39 is 6.04 Å². The Bertz CT molecular complexity index is 499. The Morgan fingerprint density at radius 2 is 1.95 bits per heavy atom. The fourth-order valence-electron chi connectivity index (χ4n) is 2.35. The van der Waals surface area contributed by atoms with Crippen LogP contribution < -0.4 is 10.2 Å². The van der Waals surface area contributed by atoms with Crippen molar-refractivity contribution in [1.82, 2.24) is 5.32 Å². The number of hydrogen-bond acceptors (Lipinski definition) is 2. The first-order valence-corrected chi connectivity index (χ1v) is 6.83. The third kappa shape index (κ3) is 3.35. The van der Waals surface area contributed by atoms with Crippen LogP contribution in [-0.4, -0.2) is 24.4 Å². The second-order valence-electron chi connectivity index (χ2n) is 5.47. The molecule has 0 bridgehead atoms. The van der Waals surface area contributed by atoms with E-state index in [-0.39, 0.29) is 24.1 Å². The molecule has 1 aromatic carbocycles. The van der Waals surface area contributed by atoms with Crippen molar-refractivity contribution in [3.8, 4) is 0 Å². The van der Waals surface area contributed by atoms with Gasteiger partial charge in [-0.15, -0.1) is 0 Å². The Morgan fingerprint density at radius 3 is 2.55 bits per heavy atom. The minimum atomic E-state index is -0.505. The zero-order valence-corrected chi connectivity index (χ0v) is 11.7. The van der Waals surface area contributed by atoms with E-state index in [1.165, 1.54) is 12.1 Å². The van der Waals surface area contributed by atoms with Crippen molar-refractivity contribution in [3.63, 3.8) is 0 Å². The van der Waals surface area contributed by atoms with Crippen LogP contribution in [0.25, 0.3) is 0 Å². The quantitative estimate of drug-likeness (QED) is 0.920. The summed E-state index contributed by atoms with van der Waals surface area (Å²) in [5.74, 6) is -0.286. The number of carbonyl (C=O) groups is 2. The molecule has 1 aliphatic rings. The lowest BCUT2D eigenvalue weighted by Gasteiger charge is -2.25. The van der Waals surface area contributed by atoms with Crippen LogP contribution >= 0.6 is 0 Å². The van der Waals surface area contributed by atoms with Crippen LogP contribution in [0.1, 0.15) is 26.7 Å². The van der Waals surface area contributed by atoms with Crippen LogP contribution in [0.2, 0.25) is 0 Å². The maximum absolute atomic E-state index is 13.0. The highest BCUT2D eigenvalue weighted by molar-refractivity contribution is 6.01. The van der Waals surface area contributed by atoms with Gasteiger partial charge in [-0.1, -0.05) is 13.8 Å². The van der Waals surface area contributed by atoms with Crippen molar-refractivity contribution < 1.29 is 14.0 Å². The molecule has 4 nitrogen and oxygen atoms in total. The molecule has 0 radical (unpaired) electrons. The van der Waals surface area contributed by atoms with Gasteiger partial charge in [0, 0.05) is 18.7 Å². The van der Waals surface area contributed by atoms with Gasteiger partial charge in [0.05, 0.1) is 0 Å². The molecule has 2 rings (SSSR count). The molecule has 0 saturated carbocycles. The SMILES string of the molecule is CC(C)CC1NC(=O)CCN(c2ccc(F)cc2)C1=O. The average molecular weight is 278 g/mol. The molecule has 1 aliphatic heterocycles. The van der Waals surface area contributed by atoms with Gasteiger partial charge in [0.1, 0.15) is 11.9 Å². The Balaban J connectivity index is 2.25. The minimum Gasteiger partial charge on any atom is -0.344 e. The number of nitrogens with one attached hydrogen (secondary N) is 1. The predicted octanol–water partition coefficient (Wildman–Crippen LogP) is 2.09. The summed E-state index contributed by atoms with van der Waals surface area (Å²) in [5.41, 5.74) is 0.627. The standard InChI is InChI=1S/C15H19FN2O2/c1-10(2)9-13-15(20)18(8-7-14(19)17-13)12-5-3-11(16)4-6-12/h3-6,10,13H,7-9H2,1-2H3,(H,17,19). The van der Waals surface area contributed by atoms with Crippen molar-refractivity contribution in [3.05, 3.63) is 30.1 Å². The zero-order valence-electron chi connectivity index (χ0n) is 11.7. The van der Waals surface area contributed by atoms with Crippen molar-refractivity contribution in [2.75, 3.05) is 11.4 Å². The van der Waals surface area contributed by atoms with Gasteiger partial charge in [0.15, 0.2) is 0 Å². The Labute approximate surface area is 118 Å². The molecule has 0 spiro atoms. The van der Waals surface area contributed by atoms with Crippen LogP contribution in [0.3, 0.4) is 0 Å². The van der Waals surface area contributed by atoms with Gasteiger partial charge in [-0.25, -0.2) is 4.39 Å². The summed E-state index contributed by atoms with van der Waals surface area (Å²) in [6.45, 7) is 4.34. The molecule has 1 N–H and O–H groups in total. The molecule has 0 aliphatic carbocycles. The highest BCUT2D eigenvalue weighted by atomic mass is 19.1. The molecule has 1 fully saturated rings. The summed E-state index contributed by atoms with van der Waals surface area (Å²) >= 11 is 0. The summed E-state index contributed by atoms with van der Waals surface area (Å²) in [6, 6.07) is 5.26. The van der Waals surface area contributed by atoms with Gasteiger partial charge in [-0.3, -0.25) is 9.59 Å². The average Bonchev–Trinajstić information content (AvgIpc) is 2.51. The second-order valence-corrected chi connectivity index (χ2v) is 5.47. The van der Waals surface area contributed by atoms with E-state index in [4.69, 9.17) is 0 Å². The molecule has 1 atom stereocenters. The van der Waals surface area contributed by atoms with E-state index in [2.05, 4.69) is 5.32 Å². The molecule has 20 heavy (non-hydrogen) atoms. The van der Waals surface area contributed by atoms with Gasteiger partial charge in [-0.2, -0.15) is 0 Å². The lowest BCUT2D eigenvalue weighted by Crippen LogP contribution is -2.45. The lowest BCUT2D eigenvalue weighted by atomic mass is 10.0. The van der Waals surface area contributed by atoms with Crippen LogP contribution in [0.5, 0.6) is 0 Å². The first-order chi connectivity index (χ1) is 9.47. The Morgan fingerprint density at radius 1 is 1.30 bits per heavy atom. The molecule has 1 heterocycles. The van der Waals surface area contributed by atoms with E-state index >= 15 is 0 Å². The summed E-state index contributed by atoms with van der Waals surface area (Å²) in [5, 5.41) is 2.77. The first-order valence-electron chi connectivity index (χ1n) is 6.83. The fraction of sp³-hybridized carbons (Fsp3) is 0.467. The van der Waals surface area contributed by atoms with Gasteiger partial charge in [0.25, 0.3) is 0 Å². The van der Waals surface area contributed by atoms with Gasteiger partial charge in [0.2, 0.25) is 11.8 Å². The largest absolute Gasteiger partial charge is 0.344 e. The maximum Gasteiger partial charge on any atom is 0.249 e. The Kier molecular flexibility index (Phi) is 4.37. The first kappa shape index (κ1) is 14.5. The van der Waals surface area contributed by atoms with Crippen molar-refractivity contribution >= 4 is 17.5 Å². The molecule has 1 unspecified atom stereocenters. The van der Waals surface area contributed by atoms with Crippen molar-refractivity contribution in [2.45, 2.75) is 32.7 Å². The minimum absolute atomic E-state index is 0.117. The molecule has 108 valence electrons. The van der Waals surface area contributed by atoms with E-state index in [1.54, 1.807) is 17.0 Å². The topological polar surface area (TPSA) is 49.4 Å². The second kappa shape index (κ2) is 6.03. The van der Waals surface area contributed by atoms with Crippen molar-refractivity contribution in [1.29, 1.82) is 0 Å². The summed E-state index contributed by atoms with van der Waals surface area (Å²) < 4.78 is 13.0. The summed E-state index contributed by atoms with van der Waals surface area (Å²) in [4.78, 5) is 25.8. The van der Waals surface area contributed by atoms with E-state index in [0.717, 1.165) is 0 Å². The number of benzene rings is 1. The Hall–Kier alpha value is -1.91. The number of amides is 2. The molecule has 5 heteroatoms. The number of anilines is 1. The van der Waals surface area contributed by atoms with Gasteiger partial charge in [-0.05, 0) is 36.6 Å². The fourth-order valence-corrected chi connectivity index (χ4v) is 2.35. The molecule has 2 amide bonds. The number of hydrogen-bond donors (Lipinski definition) is 1. The van der Waals surface area contributed by atoms with Gasteiger partial charge < -0.3 is 10.2 Å². The van der Waals surface area contributed by atoms with Crippen LogP contribution in [0, 0.1) is 11.7 Å². The molecular formula is C15H19FN2O2. The van der Waals surface area contributed by atoms with E-state index in [9.17, 15) is 14.0 Å². The number of rotatable bonds is 3. The molecule has 1 aromatic rings. The van der Waals surface area contributed by atoms with Crippen LogP contribution in [0.4, 0.5) is 10.1 Å². The lowest BCUT2D eigenvalue weighted by molar-refractivity contribution is -0.125. The number of carbonyl (C=O) groups excluding carboxylic acids is 2. The number of nitrogens with zero attached hydrogens (tertiary/aromatic N) is 1. The third-order valence-corrected chi connectivity index (χ3v) is 3.31.